The highest BCUT2D eigenvalue weighted by molar-refractivity contribution is 6.12. The zero-order valence-corrected chi connectivity index (χ0v) is 15.2. The molecule has 0 bridgehead atoms. The number of nitrogens with zero attached hydrogens (tertiary/aromatic N) is 2. The summed E-state index contributed by atoms with van der Waals surface area (Å²) in [5.41, 5.74) is 11.3. The Labute approximate surface area is 154 Å². The van der Waals surface area contributed by atoms with Crippen molar-refractivity contribution in [2.75, 3.05) is 18.5 Å². The van der Waals surface area contributed by atoms with Crippen molar-refractivity contribution in [3.63, 3.8) is 0 Å². The number of hydrogen-bond acceptors (Lipinski definition) is 1. The van der Waals surface area contributed by atoms with Crippen molar-refractivity contribution in [2.45, 2.75) is 12.8 Å². The fourth-order valence-electron chi connectivity index (χ4n) is 3.74. The summed E-state index contributed by atoms with van der Waals surface area (Å²) in [5.74, 6) is 0.872. The average molecular weight is 341 g/mol. The molecule has 0 amide bonds. The molecule has 0 saturated carbocycles. The molecule has 0 heterocycles. The van der Waals surface area contributed by atoms with Crippen LogP contribution in [0.3, 0.4) is 0 Å². The van der Waals surface area contributed by atoms with E-state index in [1.165, 1.54) is 27.5 Å². The maximum atomic E-state index is 6.32. The Hall–Kier alpha value is -3.07. The van der Waals surface area contributed by atoms with Gasteiger partial charge in [-0.15, -0.1) is 0 Å². The Bertz CT molecular complexity index is 990. The highest BCUT2D eigenvalue weighted by Crippen LogP contribution is 2.37. The predicted molar refractivity (Wildman–Crippen MR) is 113 cm³/mol. The first-order chi connectivity index (χ1) is 12.7. The summed E-state index contributed by atoms with van der Waals surface area (Å²) in [6.07, 6.45) is 4.35. The molecule has 0 saturated heterocycles. The van der Waals surface area contributed by atoms with E-state index < -0.39 is 0 Å². The molecule has 0 radical (unpaired) electrons. The van der Waals surface area contributed by atoms with Crippen LogP contribution in [-0.4, -0.2) is 19.6 Å². The zero-order chi connectivity index (χ0) is 18.1. The van der Waals surface area contributed by atoms with Gasteiger partial charge in [0.05, 0.1) is 5.69 Å². The lowest BCUT2D eigenvalue weighted by Gasteiger charge is -2.28. The Kier molecular flexibility index (Phi) is 4.21. The highest BCUT2D eigenvalue weighted by atomic mass is 15.3. The van der Waals surface area contributed by atoms with Gasteiger partial charge in [0, 0.05) is 19.0 Å². The fourth-order valence-corrected chi connectivity index (χ4v) is 3.74. The second-order valence-corrected chi connectivity index (χ2v) is 6.78. The van der Waals surface area contributed by atoms with Crippen molar-refractivity contribution in [1.29, 1.82) is 0 Å². The average Bonchev–Trinajstić information content (AvgIpc) is 3.12. The lowest BCUT2D eigenvalue weighted by Crippen LogP contribution is -2.40. The van der Waals surface area contributed by atoms with Gasteiger partial charge in [0.25, 0.3) is 0 Å². The summed E-state index contributed by atoms with van der Waals surface area (Å²) in [7, 11) is 1.75. The molecule has 26 heavy (non-hydrogen) atoms. The van der Waals surface area contributed by atoms with Crippen LogP contribution in [0.15, 0.2) is 65.7 Å². The Morgan fingerprint density at radius 1 is 0.962 bits per heavy atom. The predicted octanol–water partition coefficient (Wildman–Crippen LogP) is 4.88. The summed E-state index contributed by atoms with van der Waals surface area (Å²) >= 11 is 0. The van der Waals surface area contributed by atoms with Crippen LogP contribution in [0, 0.1) is 0 Å². The molecule has 1 aliphatic carbocycles. The van der Waals surface area contributed by atoms with Crippen LogP contribution in [0.5, 0.6) is 0 Å². The van der Waals surface area contributed by atoms with Gasteiger partial charge in [-0.25, -0.2) is 0 Å². The van der Waals surface area contributed by atoms with E-state index in [9.17, 15) is 0 Å². The normalized spacial score (nSPS) is 14.0. The standard InChI is InChI=1S/C23H23N3/c1-16(17-7-4-3-5-8-17)15-26(23(24)25-2)21-14-13-19-12-11-18-9-6-10-20(21)22(18)19/h3-14,16H,15H2,1-2H3,(H2,24,25). The molecule has 0 spiro atoms. The molecule has 3 aromatic carbocycles. The lowest BCUT2D eigenvalue weighted by atomic mass is 9.98. The maximum absolute atomic E-state index is 6.32. The van der Waals surface area contributed by atoms with E-state index in [-0.39, 0.29) is 0 Å². The number of benzene rings is 3. The molecule has 1 aliphatic rings. The minimum Gasteiger partial charge on any atom is -0.370 e. The summed E-state index contributed by atoms with van der Waals surface area (Å²) in [6, 6.07) is 21.3. The molecule has 3 nitrogen and oxygen atoms in total. The van der Waals surface area contributed by atoms with Crippen molar-refractivity contribution in [3.8, 4) is 0 Å². The third-order valence-corrected chi connectivity index (χ3v) is 5.15. The van der Waals surface area contributed by atoms with Crippen LogP contribution in [0.2, 0.25) is 0 Å². The van der Waals surface area contributed by atoms with Crippen molar-refractivity contribution >= 4 is 34.6 Å². The van der Waals surface area contributed by atoms with Crippen LogP contribution >= 0.6 is 0 Å². The smallest absolute Gasteiger partial charge is 0.195 e. The highest BCUT2D eigenvalue weighted by Gasteiger charge is 2.20. The quantitative estimate of drug-likeness (QED) is 0.425. The van der Waals surface area contributed by atoms with Gasteiger partial charge in [-0.05, 0) is 34.1 Å². The topological polar surface area (TPSA) is 41.6 Å². The van der Waals surface area contributed by atoms with Crippen molar-refractivity contribution < 1.29 is 0 Å². The lowest BCUT2D eigenvalue weighted by molar-refractivity contribution is 0.760. The maximum Gasteiger partial charge on any atom is 0.195 e. The van der Waals surface area contributed by atoms with Crippen LogP contribution < -0.4 is 10.6 Å². The first-order valence-corrected chi connectivity index (χ1v) is 8.97. The SMILES string of the molecule is CN=C(N)N(CC(C)c1ccccc1)c1ccc2c3c(cccc13)C=C2. The summed E-state index contributed by atoms with van der Waals surface area (Å²) in [5, 5.41) is 2.52. The van der Waals surface area contributed by atoms with Gasteiger partial charge < -0.3 is 10.6 Å². The number of anilines is 1. The van der Waals surface area contributed by atoms with Gasteiger partial charge in [-0.3, -0.25) is 4.99 Å². The second kappa shape index (κ2) is 6.68. The Balaban J connectivity index is 1.78. The van der Waals surface area contributed by atoms with Crippen molar-refractivity contribution in [3.05, 3.63) is 77.4 Å². The molecule has 0 fully saturated rings. The molecule has 2 N–H and O–H groups in total. The number of rotatable bonds is 4. The molecule has 0 aliphatic heterocycles. The van der Waals surface area contributed by atoms with E-state index >= 15 is 0 Å². The molecular weight excluding hydrogens is 318 g/mol. The Morgan fingerprint density at radius 2 is 1.69 bits per heavy atom. The van der Waals surface area contributed by atoms with Crippen molar-refractivity contribution in [2.24, 2.45) is 10.7 Å². The van der Waals surface area contributed by atoms with Crippen LogP contribution in [0.25, 0.3) is 22.9 Å². The Morgan fingerprint density at radius 3 is 2.42 bits per heavy atom. The first kappa shape index (κ1) is 16.4. The molecule has 3 aromatic rings. The van der Waals surface area contributed by atoms with E-state index in [0.717, 1.165) is 12.2 Å². The minimum absolute atomic E-state index is 0.331. The van der Waals surface area contributed by atoms with Gasteiger partial charge in [0.1, 0.15) is 0 Å². The zero-order valence-electron chi connectivity index (χ0n) is 15.2. The minimum atomic E-state index is 0.331. The van der Waals surface area contributed by atoms with E-state index in [2.05, 4.69) is 83.6 Å². The number of nitrogens with two attached hydrogens (primary N) is 1. The molecule has 1 atom stereocenters. The first-order valence-electron chi connectivity index (χ1n) is 8.97. The molecular formula is C23H23N3. The molecule has 4 rings (SSSR count). The third-order valence-electron chi connectivity index (χ3n) is 5.15. The molecule has 3 heteroatoms. The van der Waals surface area contributed by atoms with E-state index in [1.807, 2.05) is 6.07 Å². The van der Waals surface area contributed by atoms with Gasteiger partial charge in [0.15, 0.2) is 5.96 Å². The second-order valence-electron chi connectivity index (χ2n) is 6.78. The largest absolute Gasteiger partial charge is 0.370 e. The van der Waals surface area contributed by atoms with Crippen molar-refractivity contribution in [1.82, 2.24) is 0 Å². The van der Waals surface area contributed by atoms with E-state index in [4.69, 9.17) is 5.73 Å². The number of aliphatic imine (C=N–C) groups is 1. The van der Waals surface area contributed by atoms with E-state index in [1.54, 1.807) is 7.05 Å². The van der Waals surface area contributed by atoms with Gasteiger partial charge in [-0.1, -0.05) is 73.7 Å². The monoisotopic (exact) mass is 341 g/mol. The third kappa shape index (κ3) is 2.76. The summed E-state index contributed by atoms with van der Waals surface area (Å²) in [4.78, 5) is 6.42. The fraction of sp³-hybridized carbons (Fsp3) is 0.174. The van der Waals surface area contributed by atoms with Crippen LogP contribution in [0.4, 0.5) is 5.69 Å². The summed E-state index contributed by atoms with van der Waals surface area (Å²) in [6.45, 7) is 3.01. The van der Waals surface area contributed by atoms with Crippen LogP contribution in [-0.2, 0) is 0 Å². The molecule has 130 valence electrons. The summed E-state index contributed by atoms with van der Waals surface area (Å²) < 4.78 is 0. The molecule has 0 aromatic heterocycles. The number of hydrogen-bond donors (Lipinski definition) is 1. The number of guanidine groups is 1. The van der Waals surface area contributed by atoms with Gasteiger partial charge in [0.2, 0.25) is 0 Å². The van der Waals surface area contributed by atoms with Gasteiger partial charge in [-0.2, -0.15) is 0 Å². The van der Waals surface area contributed by atoms with E-state index in [0.29, 0.717) is 11.9 Å². The van der Waals surface area contributed by atoms with Gasteiger partial charge >= 0.3 is 0 Å². The van der Waals surface area contributed by atoms with Crippen LogP contribution in [0.1, 0.15) is 29.5 Å². The molecule has 1 unspecified atom stereocenters.